The summed E-state index contributed by atoms with van der Waals surface area (Å²) in [5, 5.41) is 0.251. The Morgan fingerprint density at radius 1 is 1.23 bits per heavy atom. The molecule has 0 fully saturated rings. The first-order valence-corrected chi connectivity index (χ1v) is 8.20. The molecular formula is C18H14ClF2N3O2. The number of aromatic nitrogens is 2. The van der Waals surface area contributed by atoms with Crippen LogP contribution in [0.1, 0.15) is 23.1 Å². The standard InChI is InChI=1S/C18H14ClF2N3O2/c1-2-24(18(26)11-7-13(20)14(21)8-12(11)19)9-16-22-15-6-4-3-5-10(15)17(25)23-16/h3-8H,2,9H2,1H3,(H,22,23,25). The number of para-hydroxylation sites is 1. The van der Waals surface area contributed by atoms with E-state index in [2.05, 4.69) is 9.97 Å². The molecule has 0 radical (unpaired) electrons. The van der Waals surface area contributed by atoms with E-state index in [1.165, 1.54) is 4.90 Å². The van der Waals surface area contributed by atoms with Gasteiger partial charge in [-0.25, -0.2) is 13.8 Å². The van der Waals surface area contributed by atoms with Gasteiger partial charge in [0.2, 0.25) is 0 Å². The van der Waals surface area contributed by atoms with E-state index in [9.17, 15) is 18.4 Å². The molecule has 1 amide bonds. The van der Waals surface area contributed by atoms with Gasteiger partial charge in [-0.3, -0.25) is 9.59 Å². The number of nitrogens with one attached hydrogen (secondary N) is 1. The second kappa shape index (κ2) is 7.21. The molecule has 1 heterocycles. The van der Waals surface area contributed by atoms with Gasteiger partial charge < -0.3 is 9.88 Å². The van der Waals surface area contributed by atoms with E-state index < -0.39 is 17.5 Å². The number of carbonyl (C=O) groups excluding carboxylic acids is 1. The molecule has 1 N–H and O–H groups in total. The molecule has 0 atom stereocenters. The highest BCUT2D eigenvalue weighted by Crippen LogP contribution is 2.22. The molecule has 0 aliphatic carbocycles. The van der Waals surface area contributed by atoms with Gasteiger partial charge in [-0.1, -0.05) is 23.7 Å². The van der Waals surface area contributed by atoms with Gasteiger partial charge in [0.25, 0.3) is 11.5 Å². The predicted molar refractivity (Wildman–Crippen MR) is 94.1 cm³/mol. The van der Waals surface area contributed by atoms with Crippen molar-refractivity contribution in [1.29, 1.82) is 0 Å². The number of carbonyl (C=O) groups is 1. The summed E-state index contributed by atoms with van der Waals surface area (Å²) in [5.74, 6) is -2.60. The van der Waals surface area contributed by atoms with Crippen LogP contribution >= 0.6 is 11.6 Å². The molecule has 0 unspecified atom stereocenters. The Hall–Kier alpha value is -2.80. The molecule has 2 aromatic carbocycles. The van der Waals surface area contributed by atoms with Gasteiger partial charge in [0.15, 0.2) is 11.6 Å². The van der Waals surface area contributed by atoms with Crippen molar-refractivity contribution in [2.75, 3.05) is 6.54 Å². The largest absolute Gasteiger partial charge is 0.331 e. The molecule has 0 saturated heterocycles. The third-order valence-electron chi connectivity index (χ3n) is 3.91. The van der Waals surface area contributed by atoms with Gasteiger partial charge in [0.05, 0.1) is 28.0 Å². The summed E-state index contributed by atoms with van der Waals surface area (Å²) in [7, 11) is 0. The Bertz CT molecular complexity index is 1050. The van der Waals surface area contributed by atoms with Crippen LogP contribution in [0.2, 0.25) is 5.02 Å². The SMILES string of the molecule is CCN(Cc1nc2ccccc2c(=O)[nH]1)C(=O)c1cc(F)c(F)cc1Cl. The van der Waals surface area contributed by atoms with Gasteiger partial charge in [0, 0.05) is 6.54 Å². The summed E-state index contributed by atoms with van der Waals surface area (Å²) < 4.78 is 26.7. The summed E-state index contributed by atoms with van der Waals surface area (Å²) in [6, 6.07) is 8.34. The summed E-state index contributed by atoms with van der Waals surface area (Å²) in [6.07, 6.45) is 0. The molecular weight excluding hydrogens is 364 g/mol. The zero-order chi connectivity index (χ0) is 18.8. The minimum Gasteiger partial charge on any atom is -0.331 e. The summed E-state index contributed by atoms with van der Waals surface area (Å²) in [6.45, 7) is 1.96. The van der Waals surface area contributed by atoms with Crippen LogP contribution in [-0.2, 0) is 6.54 Å². The number of aromatic amines is 1. The fourth-order valence-corrected chi connectivity index (χ4v) is 2.81. The Morgan fingerprint density at radius 2 is 1.92 bits per heavy atom. The van der Waals surface area contributed by atoms with E-state index in [1.54, 1.807) is 31.2 Å². The topological polar surface area (TPSA) is 66.1 Å². The summed E-state index contributed by atoms with van der Waals surface area (Å²) in [5.41, 5.74) is 0.0242. The Morgan fingerprint density at radius 3 is 2.65 bits per heavy atom. The summed E-state index contributed by atoms with van der Waals surface area (Å²) in [4.78, 5) is 33.1. The van der Waals surface area contributed by atoms with Crippen molar-refractivity contribution >= 4 is 28.4 Å². The maximum atomic E-state index is 13.5. The maximum Gasteiger partial charge on any atom is 0.258 e. The molecule has 8 heteroatoms. The van der Waals surface area contributed by atoms with Crippen molar-refractivity contribution in [3.05, 3.63) is 74.8 Å². The van der Waals surface area contributed by atoms with Gasteiger partial charge in [0.1, 0.15) is 5.82 Å². The third-order valence-corrected chi connectivity index (χ3v) is 4.22. The van der Waals surface area contributed by atoms with Crippen molar-refractivity contribution in [3.63, 3.8) is 0 Å². The first kappa shape index (κ1) is 18.0. The van der Waals surface area contributed by atoms with Crippen LogP contribution in [0.4, 0.5) is 8.78 Å². The van der Waals surface area contributed by atoms with E-state index in [4.69, 9.17) is 11.6 Å². The second-order valence-electron chi connectivity index (χ2n) is 5.60. The molecule has 3 rings (SSSR count). The van der Waals surface area contributed by atoms with E-state index in [-0.39, 0.29) is 35.1 Å². The van der Waals surface area contributed by atoms with Crippen LogP contribution in [0.3, 0.4) is 0 Å². The average molecular weight is 378 g/mol. The van der Waals surface area contributed by atoms with Crippen LogP contribution < -0.4 is 5.56 Å². The van der Waals surface area contributed by atoms with Gasteiger partial charge >= 0.3 is 0 Å². The highest BCUT2D eigenvalue weighted by molar-refractivity contribution is 6.33. The zero-order valence-corrected chi connectivity index (χ0v) is 14.5. The number of halogens is 3. The smallest absolute Gasteiger partial charge is 0.258 e. The lowest BCUT2D eigenvalue weighted by atomic mass is 10.1. The fourth-order valence-electron chi connectivity index (χ4n) is 2.57. The molecule has 0 aliphatic rings. The van der Waals surface area contributed by atoms with Gasteiger partial charge in [-0.2, -0.15) is 0 Å². The quantitative estimate of drug-likeness (QED) is 0.707. The lowest BCUT2D eigenvalue weighted by molar-refractivity contribution is 0.0748. The lowest BCUT2D eigenvalue weighted by Crippen LogP contribution is -2.32. The molecule has 26 heavy (non-hydrogen) atoms. The van der Waals surface area contributed by atoms with Crippen LogP contribution in [0.5, 0.6) is 0 Å². The zero-order valence-electron chi connectivity index (χ0n) is 13.7. The van der Waals surface area contributed by atoms with Gasteiger partial charge in [-0.05, 0) is 31.2 Å². The number of hydrogen-bond donors (Lipinski definition) is 1. The monoisotopic (exact) mass is 377 g/mol. The Kier molecular flexibility index (Phi) is 4.99. The van der Waals surface area contributed by atoms with Crippen molar-refractivity contribution in [3.8, 4) is 0 Å². The lowest BCUT2D eigenvalue weighted by Gasteiger charge is -2.21. The number of hydrogen-bond acceptors (Lipinski definition) is 3. The molecule has 0 spiro atoms. The fraction of sp³-hybridized carbons (Fsp3) is 0.167. The number of nitrogens with zero attached hydrogens (tertiary/aromatic N) is 2. The minimum atomic E-state index is -1.16. The van der Waals surface area contributed by atoms with Crippen molar-refractivity contribution in [2.45, 2.75) is 13.5 Å². The number of amides is 1. The third kappa shape index (κ3) is 3.43. The number of benzene rings is 2. The maximum absolute atomic E-state index is 13.5. The van der Waals surface area contributed by atoms with Gasteiger partial charge in [-0.15, -0.1) is 0 Å². The normalized spacial score (nSPS) is 10.9. The van der Waals surface area contributed by atoms with E-state index in [1.807, 2.05) is 0 Å². The number of H-pyrrole nitrogens is 1. The second-order valence-corrected chi connectivity index (χ2v) is 6.00. The Labute approximate surface area is 152 Å². The van der Waals surface area contributed by atoms with Crippen LogP contribution in [0.15, 0.2) is 41.2 Å². The van der Waals surface area contributed by atoms with Crippen molar-refractivity contribution < 1.29 is 13.6 Å². The van der Waals surface area contributed by atoms with Crippen molar-refractivity contribution in [1.82, 2.24) is 14.9 Å². The molecule has 0 aliphatic heterocycles. The first-order chi connectivity index (χ1) is 12.4. The highest BCUT2D eigenvalue weighted by Gasteiger charge is 2.21. The average Bonchev–Trinajstić information content (AvgIpc) is 2.62. The summed E-state index contributed by atoms with van der Waals surface area (Å²) >= 11 is 5.88. The molecule has 5 nitrogen and oxygen atoms in total. The van der Waals surface area contributed by atoms with E-state index >= 15 is 0 Å². The van der Waals surface area contributed by atoms with E-state index in [0.717, 1.165) is 12.1 Å². The molecule has 0 bridgehead atoms. The Balaban J connectivity index is 1.94. The van der Waals surface area contributed by atoms with Crippen LogP contribution in [0.25, 0.3) is 10.9 Å². The molecule has 134 valence electrons. The van der Waals surface area contributed by atoms with E-state index in [0.29, 0.717) is 10.9 Å². The molecule has 0 saturated carbocycles. The minimum absolute atomic E-state index is 0.00919. The molecule has 1 aromatic heterocycles. The predicted octanol–water partition coefficient (Wildman–Crippen LogP) is 3.52. The van der Waals surface area contributed by atoms with Crippen molar-refractivity contribution in [2.24, 2.45) is 0 Å². The number of fused-ring (bicyclic) bond motifs is 1. The number of rotatable bonds is 4. The van der Waals surface area contributed by atoms with Crippen LogP contribution in [-0.4, -0.2) is 27.3 Å². The highest BCUT2D eigenvalue weighted by atomic mass is 35.5. The molecule has 3 aromatic rings. The van der Waals surface area contributed by atoms with Crippen LogP contribution in [0, 0.1) is 11.6 Å². The first-order valence-electron chi connectivity index (χ1n) is 7.82.